The van der Waals surface area contributed by atoms with E-state index in [9.17, 15) is 14.4 Å². The molecule has 3 aromatic rings. The van der Waals surface area contributed by atoms with Crippen molar-refractivity contribution >= 4 is 45.9 Å². The third-order valence-electron chi connectivity index (χ3n) is 7.46. The Morgan fingerprint density at radius 2 is 1.69 bits per heavy atom. The lowest BCUT2D eigenvalue weighted by atomic mass is 9.92. The predicted molar refractivity (Wildman–Crippen MR) is 153 cm³/mol. The Bertz CT molecular complexity index is 1370. The Kier molecular flexibility index (Phi) is 8.43. The van der Waals surface area contributed by atoms with Gasteiger partial charge in [0.25, 0.3) is 11.8 Å². The van der Waals surface area contributed by atoms with Crippen LogP contribution in [-0.4, -0.2) is 72.3 Å². The van der Waals surface area contributed by atoms with Crippen LogP contribution in [0.1, 0.15) is 57.7 Å². The number of rotatable bonds is 11. The molecule has 2 aliphatic rings. The van der Waals surface area contributed by atoms with Crippen LogP contribution in [-0.2, 0) is 17.6 Å². The van der Waals surface area contributed by atoms with Gasteiger partial charge in [-0.25, -0.2) is 0 Å². The zero-order valence-corrected chi connectivity index (χ0v) is 23.0. The van der Waals surface area contributed by atoms with E-state index in [1.807, 2.05) is 12.1 Å². The molecule has 0 radical (unpaired) electrons. The van der Waals surface area contributed by atoms with E-state index < -0.39 is 11.8 Å². The number of amides is 3. The highest BCUT2D eigenvalue weighted by Crippen LogP contribution is 2.34. The van der Waals surface area contributed by atoms with Crippen molar-refractivity contribution in [3.05, 3.63) is 69.9 Å². The zero-order valence-electron chi connectivity index (χ0n) is 22.3. The van der Waals surface area contributed by atoms with Crippen molar-refractivity contribution in [3.8, 4) is 0 Å². The normalized spacial score (nSPS) is 14.6. The molecule has 1 aliphatic carbocycles. The first-order chi connectivity index (χ1) is 18.9. The summed E-state index contributed by atoms with van der Waals surface area (Å²) in [6, 6.07) is 12.6. The number of carbonyl (C=O) groups is 3. The van der Waals surface area contributed by atoms with Crippen LogP contribution >= 0.6 is 11.6 Å². The van der Waals surface area contributed by atoms with Gasteiger partial charge in [0.15, 0.2) is 0 Å². The summed E-state index contributed by atoms with van der Waals surface area (Å²) in [6.45, 7) is 2.84. The molecular weight excluding hydrogens is 514 g/mol. The van der Waals surface area contributed by atoms with Crippen molar-refractivity contribution in [2.75, 3.05) is 45.1 Å². The smallest absolute Gasteiger partial charge is 0.262 e. The zero-order chi connectivity index (χ0) is 27.4. The van der Waals surface area contributed by atoms with Gasteiger partial charge in [0.2, 0.25) is 5.91 Å². The van der Waals surface area contributed by atoms with Gasteiger partial charge in [0.1, 0.15) is 6.54 Å². The number of nitrogens with zero attached hydrogens (tertiary/aromatic N) is 3. The number of anilines is 1. The van der Waals surface area contributed by atoms with E-state index in [0.29, 0.717) is 22.7 Å². The molecule has 0 fully saturated rings. The summed E-state index contributed by atoms with van der Waals surface area (Å²) in [5, 5.41) is 8.36. The van der Waals surface area contributed by atoms with Gasteiger partial charge in [0.05, 0.1) is 16.6 Å². The second-order valence-corrected chi connectivity index (χ2v) is 10.7. The minimum absolute atomic E-state index is 0.256. The quantitative estimate of drug-likeness (QED) is 0.274. The molecule has 0 atom stereocenters. The number of hydrogen-bond acceptors (Lipinski definition) is 6. The summed E-state index contributed by atoms with van der Waals surface area (Å²) in [5.41, 5.74) is 5.41. The van der Waals surface area contributed by atoms with Crippen molar-refractivity contribution in [3.63, 3.8) is 0 Å². The Balaban J connectivity index is 1.03. The fourth-order valence-electron chi connectivity index (χ4n) is 5.43. The molecule has 2 aromatic carbocycles. The van der Waals surface area contributed by atoms with Gasteiger partial charge in [-0.3, -0.25) is 24.3 Å². The lowest BCUT2D eigenvalue weighted by Gasteiger charge is -2.22. The SMILES string of the molecule is CN(CCCNC(=O)CN1C(=O)c2ccccc2C1=O)CCCNc1c2c(nc3cc(Cl)ccc13)CCCC2. The van der Waals surface area contributed by atoms with E-state index in [0.717, 1.165) is 61.1 Å². The highest BCUT2D eigenvalue weighted by Gasteiger charge is 2.36. The molecule has 1 aliphatic heterocycles. The average molecular weight is 548 g/mol. The number of benzene rings is 2. The van der Waals surface area contributed by atoms with E-state index in [-0.39, 0.29) is 12.5 Å². The molecule has 9 heteroatoms. The van der Waals surface area contributed by atoms with Crippen molar-refractivity contribution in [2.24, 2.45) is 0 Å². The third kappa shape index (κ3) is 6.07. The Hall–Kier alpha value is -3.49. The van der Waals surface area contributed by atoms with Crippen LogP contribution in [0.15, 0.2) is 42.5 Å². The van der Waals surface area contributed by atoms with E-state index >= 15 is 0 Å². The maximum Gasteiger partial charge on any atom is 0.262 e. The van der Waals surface area contributed by atoms with Gasteiger partial charge in [-0.05, 0) is 94.6 Å². The summed E-state index contributed by atoms with van der Waals surface area (Å²) in [4.78, 5) is 45.4. The van der Waals surface area contributed by atoms with Crippen LogP contribution in [0.3, 0.4) is 0 Å². The minimum Gasteiger partial charge on any atom is -0.384 e. The fraction of sp³-hybridized carbons (Fsp3) is 0.400. The molecule has 2 N–H and O–H groups in total. The van der Waals surface area contributed by atoms with Crippen molar-refractivity contribution in [1.29, 1.82) is 0 Å². The van der Waals surface area contributed by atoms with Gasteiger partial charge < -0.3 is 15.5 Å². The number of hydrogen-bond donors (Lipinski definition) is 2. The number of pyridine rings is 1. The van der Waals surface area contributed by atoms with Crippen LogP contribution in [0.25, 0.3) is 10.9 Å². The van der Waals surface area contributed by atoms with Crippen LogP contribution < -0.4 is 10.6 Å². The molecule has 2 heterocycles. The highest BCUT2D eigenvalue weighted by atomic mass is 35.5. The number of halogens is 1. The van der Waals surface area contributed by atoms with Gasteiger partial charge in [-0.2, -0.15) is 0 Å². The van der Waals surface area contributed by atoms with E-state index in [1.165, 1.54) is 29.8 Å². The van der Waals surface area contributed by atoms with Gasteiger partial charge in [-0.15, -0.1) is 0 Å². The van der Waals surface area contributed by atoms with Gasteiger partial charge in [-0.1, -0.05) is 23.7 Å². The van der Waals surface area contributed by atoms with Gasteiger partial charge >= 0.3 is 0 Å². The van der Waals surface area contributed by atoms with Crippen LogP contribution in [0.4, 0.5) is 5.69 Å². The number of nitrogens with one attached hydrogen (secondary N) is 2. The first kappa shape index (κ1) is 27.1. The number of carbonyl (C=O) groups excluding carboxylic acids is 3. The Labute approximate surface area is 233 Å². The average Bonchev–Trinajstić information content (AvgIpc) is 3.17. The molecule has 204 valence electrons. The summed E-state index contributed by atoms with van der Waals surface area (Å²) in [5.74, 6) is -1.16. The van der Waals surface area contributed by atoms with E-state index in [2.05, 4.69) is 28.6 Å². The third-order valence-corrected chi connectivity index (χ3v) is 7.70. The number of aromatic nitrogens is 1. The molecule has 0 saturated carbocycles. The maximum atomic E-state index is 12.4. The largest absolute Gasteiger partial charge is 0.384 e. The molecular formula is C30H34ClN5O3. The second kappa shape index (κ2) is 12.1. The van der Waals surface area contributed by atoms with Gasteiger partial charge in [0, 0.05) is 34.9 Å². The molecule has 8 nitrogen and oxygen atoms in total. The summed E-state index contributed by atoms with van der Waals surface area (Å²) in [7, 11) is 2.08. The molecule has 0 saturated heterocycles. The van der Waals surface area contributed by atoms with Crippen molar-refractivity contribution in [2.45, 2.75) is 38.5 Å². The predicted octanol–water partition coefficient (Wildman–Crippen LogP) is 4.30. The molecule has 1 aromatic heterocycles. The maximum absolute atomic E-state index is 12.4. The monoisotopic (exact) mass is 547 g/mol. The standard InChI is InChI=1S/C30H34ClN5O3/c1-35(16-6-14-32-27(37)19-36-29(38)21-8-2-3-9-22(21)30(36)39)17-7-15-33-28-23-10-4-5-11-25(23)34-26-18-20(31)12-13-24(26)28/h2-3,8-9,12-13,18H,4-7,10-11,14-17,19H2,1H3,(H,32,37)(H,33,34). The second-order valence-electron chi connectivity index (χ2n) is 10.3. The molecule has 3 amide bonds. The molecule has 39 heavy (non-hydrogen) atoms. The van der Waals surface area contributed by atoms with E-state index in [1.54, 1.807) is 24.3 Å². The van der Waals surface area contributed by atoms with Crippen molar-refractivity contribution < 1.29 is 14.4 Å². The van der Waals surface area contributed by atoms with Crippen LogP contribution in [0, 0.1) is 0 Å². The fourth-order valence-corrected chi connectivity index (χ4v) is 5.60. The van der Waals surface area contributed by atoms with Crippen LogP contribution in [0.2, 0.25) is 5.02 Å². The summed E-state index contributed by atoms with van der Waals surface area (Å²) in [6.07, 6.45) is 6.21. The van der Waals surface area contributed by atoms with E-state index in [4.69, 9.17) is 16.6 Å². The topological polar surface area (TPSA) is 94.6 Å². The first-order valence-electron chi connectivity index (χ1n) is 13.7. The van der Waals surface area contributed by atoms with Crippen LogP contribution in [0.5, 0.6) is 0 Å². The molecule has 0 spiro atoms. The lowest BCUT2D eigenvalue weighted by molar-refractivity contribution is -0.121. The minimum atomic E-state index is -0.414. The first-order valence-corrected chi connectivity index (χ1v) is 14.1. The number of fused-ring (bicyclic) bond motifs is 3. The highest BCUT2D eigenvalue weighted by molar-refractivity contribution is 6.31. The number of aryl methyl sites for hydroxylation is 1. The molecule has 5 rings (SSSR count). The molecule has 0 bridgehead atoms. The molecule has 0 unspecified atom stereocenters. The lowest BCUT2D eigenvalue weighted by Crippen LogP contribution is -2.41. The number of imide groups is 1. The Morgan fingerprint density at radius 3 is 2.44 bits per heavy atom. The summed E-state index contributed by atoms with van der Waals surface area (Å²) < 4.78 is 0. The summed E-state index contributed by atoms with van der Waals surface area (Å²) >= 11 is 6.23. The van der Waals surface area contributed by atoms with Crippen molar-refractivity contribution in [1.82, 2.24) is 20.1 Å². The Morgan fingerprint density at radius 1 is 1.00 bits per heavy atom.